The van der Waals surface area contributed by atoms with Crippen molar-refractivity contribution in [1.29, 1.82) is 0 Å². The zero-order valence-corrected chi connectivity index (χ0v) is 16.5. The Balaban J connectivity index is 1.41. The fourth-order valence-electron chi connectivity index (χ4n) is 3.84. The van der Waals surface area contributed by atoms with Crippen LogP contribution in [0.2, 0.25) is 0 Å². The number of benzene rings is 1. The lowest BCUT2D eigenvalue weighted by molar-refractivity contribution is 0.163. The molecular formula is C19H26N4O3S. The minimum absolute atomic E-state index is 0.432. The Morgan fingerprint density at radius 2 is 1.81 bits per heavy atom. The lowest BCUT2D eigenvalue weighted by Gasteiger charge is -2.33. The molecule has 1 saturated heterocycles. The van der Waals surface area contributed by atoms with Crippen molar-refractivity contribution < 1.29 is 12.9 Å². The molecule has 0 amide bonds. The summed E-state index contributed by atoms with van der Waals surface area (Å²) >= 11 is 0. The predicted octanol–water partition coefficient (Wildman–Crippen LogP) is 2.02. The molecule has 0 radical (unpaired) electrons. The second-order valence-corrected chi connectivity index (χ2v) is 9.21. The number of nitrogens with zero attached hydrogens (tertiary/aromatic N) is 4. The van der Waals surface area contributed by atoms with Gasteiger partial charge in [0.2, 0.25) is 15.9 Å². The largest absolute Gasteiger partial charge is 0.338 e. The van der Waals surface area contributed by atoms with E-state index in [4.69, 9.17) is 4.52 Å². The number of rotatable bonds is 5. The number of piperazine rings is 1. The maximum absolute atomic E-state index is 13.0. The molecule has 1 aromatic heterocycles. The van der Waals surface area contributed by atoms with Crippen molar-refractivity contribution in [3.63, 3.8) is 0 Å². The summed E-state index contributed by atoms with van der Waals surface area (Å²) in [4.78, 5) is 6.92. The summed E-state index contributed by atoms with van der Waals surface area (Å²) in [7, 11) is -3.44. The molecule has 7 nitrogen and oxygen atoms in total. The zero-order chi connectivity index (χ0) is 18.9. The Morgan fingerprint density at radius 1 is 1.07 bits per heavy atom. The third-order valence-electron chi connectivity index (χ3n) is 5.47. The summed E-state index contributed by atoms with van der Waals surface area (Å²) in [6.45, 7) is 4.84. The van der Waals surface area contributed by atoms with Gasteiger partial charge in [-0.3, -0.25) is 4.90 Å². The van der Waals surface area contributed by atoms with Gasteiger partial charge in [-0.15, -0.1) is 0 Å². The monoisotopic (exact) mass is 390 g/mol. The van der Waals surface area contributed by atoms with Gasteiger partial charge < -0.3 is 4.52 Å². The molecule has 0 atom stereocenters. The Morgan fingerprint density at radius 3 is 2.52 bits per heavy atom. The highest BCUT2D eigenvalue weighted by atomic mass is 32.2. The molecule has 0 saturated carbocycles. The molecule has 2 heterocycles. The van der Waals surface area contributed by atoms with E-state index in [0.717, 1.165) is 25.7 Å². The minimum Gasteiger partial charge on any atom is -0.338 e. The van der Waals surface area contributed by atoms with E-state index in [-0.39, 0.29) is 0 Å². The molecular weight excluding hydrogens is 364 g/mol. The van der Waals surface area contributed by atoms with E-state index >= 15 is 0 Å². The van der Waals surface area contributed by atoms with E-state index < -0.39 is 10.0 Å². The average molecular weight is 391 g/mol. The van der Waals surface area contributed by atoms with Gasteiger partial charge in [-0.25, -0.2) is 8.42 Å². The van der Waals surface area contributed by atoms with Gasteiger partial charge in [0.25, 0.3) is 0 Å². The molecule has 1 fully saturated rings. The van der Waals surface area contributed by atoms with E-state index in [9.17, 15) is 8.42 Å². The summed E-state index contributed by atoms with van der Waals surface area (Å²) in [5.41, 5.74) is 2.50. The van der Waals surface area contributed by atoms with E-state index in [0.29, 0.717) is 49.3 Å². The first-order valence-corrected chi connectivity index (χ1v) is 11.2. The van der Waals surface area contributed by atoms with Gasteiger partial charge >= 0.3 is 0 Å². The number of fused-ring (bicyclic) bond motifs is 1. The van der Waals surface area contributed by atoms with Gasteiger partial charge in [0.05, 0.1) is 11.4 Å². The molecule has 4 rings (SSSR count). The Hall–Kier alpha value is -1.77. The van der Waals surface area contributed by atoms with Gasteiger partial charge in [0.1, 0.15) is 0 Å². The second kappa shape index (κ2) is 7.69. The molecule has 146 valence electrons. The lowest BCUT2D eigenvalue weighted by atomic mass is 9.92. The Bertz CT molecular complexity index is 901. The maximum Gasteiger partial charge on any atom is 0.243 e. The summed E-state index contributed by atoms with van der Waals surface area (Å²) in [6.07, 6.45) is 5.13. The molecule has 0 bridgehead atoms. The van der Waals surface area contributed by atoms with Crippen molar-refractivity contribution in [2.75, 3.05) is 26.2 Å². The van der Waals surface area contributed by atoms with Crippen LogP contribution in [0, 0.1) is 0 Å². The third kappa shape index (κ3) is 3.93. The highest BCUT2D eigenvalue weighted by molar-refractivity contribution is 7.89. The van der Waals surface area contributed by atoms with Crippen molar-refractivity contribution in [2.45, 2.75) is 50.5 Å². The van der Waals surface area contributed by atoms with Gasteiger partial charge in [-0.05, 0) is 48.9 Å². The van der Waals surface area contributed by atoms with Crippen LogP contribution < -0.4 is 0 Å². The molecule has 1 aromatic carbocycles. The molecule has 8 heteroatoms. The fourth-order valence-corrected chi connectivity index (χ4v) is 5.31. The average Bonchev–Trinajstić information content (AvgIpc) is 3.15. The first-order valence-electron chi connectivity index (χ1n) is 9.72. The fraction of sp³-hybridized carbons (Fsp3) is 0.579. The molecule has 27 heavy (non-hydrogen) atoms. The van der Waals surface area contributed by atoms with E-state index in [1.54, 1.807) is 10.4 Å². The maximum atomic E-state index is 13.0. The van der Waals surface area contributed by atoms with Crippen LogP contribution in [0.1, 0.15) is 42.6 Å². The molecule has 0 spiro atoms. The topological polar surface area (TPSA) is 79.5 Å². The first-order chi connectivity index (χ1) is 13.1. The lowest BCUT2D eigenvalue weighted by Crippen LogP contribution is -2.48. The summed E-state index contributed by atoms with van der Waals surface area (Å²) in [6, 6.07) is 5.66. The number of hydrogen-bond acceptors (Lipinski definition) is 6. The predicted molar refractivity (Wildman–Crippen MR) is 101 cm³/mol. The van der Waals surface area contributed by atoms with Gasteiger partial charge in [0, 0.05) is 32.6 Å². The number of sulfonamides is 1. The summed E-state index contributed by atoms with van der Waals surface area (Å²) < 4.78 is 32.9. The molecule has 2 aliphatic rings. The molecule has 0 unspecified atom stereocenters. The Labute approximate surface area is 160 Å². The molecule has 2 aromatic rings. The highest BCUT2D eigenvalue weighted by Gasteiger charge is 2.29. The SMILES string of the molecule is CCc1noc(CN2CCN(S(=O)(=O)c3ccc4c(c3)CCCC4)CC2)n1. The van der Waals surface area contributed by atoms with Crippen LogP contribution in [-0.2, 0) is 35.8 Å². The van der Waals surface area contributed by atoms with Crippen molar-refractivity contribution >= 4 is 10.0 Å². The van der Waals surface area contributed by atoms with E-state index in [1.165, 1.54) is 17.5 Å². The standard InChI is InChI=1S/C19H26N4O3S/c1-2-18-20-19(26-21-18)14-22-9-11-23(12-10-22)27(24,25)17-8-7-15-5-3-4-6-16(15)13-17/h7-8,13H,2-6,9-12,14H2,1H3. The van der Waals surface area contributed by atoms with Crippen molar-refractivity contribution in [1.82, 2.24) is 19.3 Å². The summed E-state index contributed by atoms with van der Waals surface area (Å²) in [5.74, 6) is 1.30. The quantitative estimate of drug-likeness (QED) is 0.777. The number of hydrogen-bond donors (Lipinski definition) is 0. The minimum atomic E-state index is -3.44. The van der Waals surface area contributed by atoms with Crippen molar-refractivity contribution in [2.24, 2.45) is 0 Å². The van der Waals surface area contributed by atoms with E-state index in [1.807, 2.05) is 19.1 Å². The number of aromatic nitrogens is 2. The summed E-state index contributed by atoms with van der Waals surface area (Å²) in [5, 5.41) is 3.91. The normalized spacial score (nSPS) is 19.1. The molecule has 1 aliphatic carbocycles. The van der Waals surface area contributed by atoms with E-state index in [2.05, 4.69) is 15.0 Å². The number of aryl methyl sites for hydroxylation is 3. The second-order valence-electron chi connectivity index (χ2n) is 7.28. The smallest absolute Gasteiger partial charge is 0.243 e. The molecule has 1 aliphatic heterocycles. The highest BCUT2D eigenvalue weighted by Crippen LogP contribution is 2.26. The molecule has 0 N–H and O–H groups in total. The van der Waals surface area contributed by atoms with Gasteiger partial charge in [0.15, 0.2) is 5.82 Å². The van der Waals surface area contributed by atoms with Crippen LogP contribution in [-0.4, -0.2) is 53.9 Å². The van der Waals surface area contributed by atoms with Crippen LogP contribution in [0.4, 0.5) is 0 Å². The van der Waals surface area contributed by atoms with Crippen molar-refractivity contribution in [3.05, 3.63) is 41.0 Å². The van der Waals surface area contributed by atoms with Crippen LogP contribution in [0.25, 0.3) is 0 Å². The first kappa shape index (κ1) is 18.6. The van der Waals surface area contributed by atoms with Crippen LogP contribution in [0.5, 0.6) is 0 Å². The van der Waals surface area contributed by atoms with Gasteiger partial charge in [-0.2, -0.15) is 9.29 Å². The van der Waals surface area contributed by atoms with Crippen molar-refractivity contribution in [3.8, 4) is 0 Å². The Kier molecular flexibility index (Phi) is 5.29. The van der Waals surface area contributed by atoms with Crippen LogP contribution >= 0.6 is 0 Å². The third-order valence-corrected chi connectivity index (χ3v) is 7.37. The zero-order valence-electron chi connectivity index (χ0n) is 15.7. The van der Waals surface area contributed by atoms with Gasteiger partial charge in [-0.1, -0.05) is 18.1 Å². The van der Waals surface area contributed by atoms with Crippen LogP contribution in [0.3, 0.4) is 0 Å². The van der Waals surface area contributed by atoms with Crippen LogP contribution in [0.15, 0.2) is 27.6 Å².